The number of hydrogen-bond donors (Lipinski definition) is 2. The van der Waals surface area contributed by atoms with Gasteiger partial charge in [0.1, 0.15) is 6.67 Å². The predicted molar refractivity (Wildman–Crippen MR) is 41.8 cm³/mol. The number of rotatable bonds is 3. The molecule has 4 heteroatoms. The van der Waals surface area contributed by atoms with E-state index in [0.717, 1.165) is 6.67 Å². The third-order valence-electron chi connectivity index (χ3n) is 0.862. The third-order valence-corrected chi connectivity index (χ3v) is 0.862. The van der Waals surface area contributed by atoms with E-state index in [-0.39, 0.29) is 6.42 Å². The molecule has 11 heavy (non-hydrogen) atoms. The first-order valence-corrected chi connectivity index (χ1v) is 3.73. The number of hydrogen-bond acceptors (Lipinski definition) is 3. The minimum absolute atomic E-state index is 0.181. The van der Waals surface area contributed by atoms with Crippen LogP contribution in [0.4, 0.5) is 0 Å². The van der Waals surface area contributed by atoms with Crippen LogP contribution in [-0.2, 0) is 4.79 Å². The molecule has 0 heterocycles. The quantitative estimate of drug-likeness (QED) is 0.454. The van der Waals surface area contributed by atoms with Crippen LogP contribution >= 0.6 is 0 Å². The van der Waals surface area contributed by atoms with E-state index in [4.69, 9.17) is 5.73 Å². The summed E-state index contributed by atoms with van der Waals surface area (Å²) < 4.78 is 0. The Balaban J connectivity index is 0. The van der Waals surface area contributed by atoms with E-state index >= 15 is 0 Å². The Labute approximate surface area is 68.0 Å². The zero-order valence-corrected chi connectivity index (χ0v) is 7.52. The first kappa shape index (κ1) is 13.0. The largest absolute Gasteiger partial charge is 0.550 e. The summed E-state index contributed by atoms with van der Waals surface area (Å²) >= 11 is 0. The minimum atomic E-state index is -0.961. The number of carbonyl (C=O) groups excluding carboxylic acids is 1. The zero-order chi connectivity index (χ0) is 9.28. The van der Waals surface area contributed by atoms with Gasteiger partial charge in [-0.25, -0.2) is 0 Å². The number of nitrogens with two attached hydrogens (primary N) is 1. The van der Waals surface area contributed by atoms with Gasteiger partial charge in [-0.15, -0.1) is 0 Å². The van der Waals surface area contributed by atoms with Crippen LogP contribution in [0.5, 0.6) is 0 Å². The molecule has 0 amide bonds. The maximum atomic E-state index is 9.49. The van der Waals surface area contributed by atoms with Gasteiger partial charge in [-0.05, 0) is 6.42 Å². The summed E-state index contributed by atoms with van der Waals surface area (Å²) in [4.78, 5) is 10.8. The van der Waals surface area contributed by atoms with Crippen LogP contribution < -0.4 is 15.7 Å². The van der Waals surface area contributed by atoms with Gasteiger partial charge in [0.05, 0.1) is 14.1 Å². The van der Waals surface area contributed by atoms with Crippen LogP contribution in [0, 0.1) is 0 Å². The second-order valence-corrected chi connectivity index (χ2v) is 2.53. The van der Waals surface area contributed by atoms with Gasteiger partial charge in [0.25, 0.3) is 0 Å². The normalized spacial score (nSPS) is 8.82. The van der Waals surface area contributed by atoms with Gasteiger partial charge in [-0.2, -0.15) is 0 Å². The Morgan fingerprint density at radius 2 is 1.91 bits per heavy atom. The van der Waals surface area contributed by atoms with Gasteiger partial charge in [-0.3, -0.25) is 5.73 Å². The van der Waals surface area contributed by atoms with Crippen LogP contribution in [-0.4, -0.2) is 26.7 Å². The van der Waals surface area contributed by atoms with Crippen molar-refractivity contribution in [2.24, 2.45) is 5.73 Å². The molecule has 0 rings (SSSR count). The Morgan fingerprint density at radius 3 is 1.91 bits per heavy atom. The highest BCUT2D eigenvalue weighted by molar-refractivity contribution is 5.63. The molecule has 0 aromatic rings. The molecule has 0 aliphatic rings. The number of carboxylic acid groups (broad SMARTS) is 1. The molecule has 0 spiro atoms. The standard InChI is InChI=1S/C4H8O2.C3H10N2/c1-2-3-4(5)6;1-5(2)3-4/h2-3H2,1H3,(H,5,6);3-4H2,1-2H3. The highest BCUT2D eigenvalue weighted by atomic mass is 16.4. The van der Waals surface area contributed by atoms with Crippen molar-refractivity contribution in [3.05, 3.63) is 0 Å². The number of carboxylic acids is 1. The average Bonchev–Trinajstić information content (AvgIpc) is 1.89. The Hall–Kier alpha value is -0.610. The number of aliphatic carboxylic acids is 1. The second-order valence-electron chi connectivity index (χ2n) is 2.53. The Kier molecular flexibility index (Phi) is 11.1. The minimum Gasteiger partial charge on any atom is -0.550 e. The summed E-state index contributed by atoms with van der Waals surface area (Å²) in [5.41, 5.74) is 5.13. The van der Waals surface area contributed by atoms with Gasteiger partial charge in [0.2, 0.25) is 0 Å². The topological polar surface area (TPSA) is 70.6 Å². The summed E-state index contributed by atoms with van der Waals surface area (Å²) in [5, 5.41) is 9.49. The van der Waals surface area contributed by atoms with Crippen molar-refractivity contribution in [3.63, 3.8) is 0 Å². The molecule has 4 nitrogen and oxygen atoms in total. The predicted octanol–water partition coefficient (Wildman–Crippen LogP) is -2.42. The van der Waals surface area contributed by atoms with Crippen LogP contribution in [0.15, 0.2) is 0 Å². The monoisotopic (exact) mass is 162 g/mol. The highest BCUT2D eigenvalue weighted by Gasteiger charge is 1.75. The first-order chi connectivity index (χ1) is 5.04. The molecule has 0 fully saturated rings. The van der Waals surface area contributed by atoms with E-state index in [0.29, 0.717) is 6.42 Å². The first-order valence-electron chi connectivity index (χ1n) is 3.73. The van der Waals surface area contributed by atoms with Gasteiger partial charge in [0.15, 0.2) is 0 Å². The van der Waals surface area contributed by atoms with Crippen LogP contribution in [0.1, 0.15) is 19.8 Å². The molecular formula is C7H18N2O2. The van der Waals surface area contributed by atoms with Crippen molar-refractivity contribution >= 4 is 5.97 Å². The fourth-order valence-electron chi connectivity index (χ4n) is 0.204. The SMILES string of the molecule is CCCC(=O)[O-].C[NH+](C)CN. The smallest absolute Gasteiger partial charge is 0.128 e. The lowest BCUT2D eigenvalue weighted by Crippen LogP contribution is -3.07. The molecule has 0 aliphatic carbocycles. The second kappa shape index (κ2) is 9.39. The van der Waals surface area contributed by atoms with E-state index in [1.165, 1.54) is 4.90 Å². The van der Waals surface area contributed by atoms with E-state index in [1.54, 1.807) is 6.92 Å². The van der Waals surface area contributed by atoms with Crippen molar-refractivity contribution in [3.8, 4) is 0 Å². The van der Waals surface area contributed by atoms with E-state index in [1.807, 2.05) is 14.1 Å². The summed E-state index contributed by atoms with van der Waals surface area (Å²) in [6.07, 6.45) is 0.850. The van der Waals surface area contributed by atoms with Crippen molar-refractivity contribution < 1.29 is 14.8 Å². The van der Waals surface area contributed by atoms with Crippen LogP contribution in [0.2, 0.25) is 0 Å². The summed E-state index contributed by atoms with van der Waals surface area (Å²) in [5.74, 6) is -0.961. The molecule has 0 aliphatic heterocycles. The van der Waals surface area contributed by atoms with Gasteiger partial charge in [-0.1, -0.05) is 13.3 Å². The number of nitrogens with one attached hydrogen (secondary N) is 1. The lowest BCUT2D eigenvalue weighted by atomic mass is 10.4. The summed E-state index contributed by atoms with van der Waals surface area (Å²) in [6, 6.07) is 0. The van der Waals surface area contributed by atoms with Gasteiger partial charge in [0, 0.05) is 5.97 Å². The fourth-order valence-corrected chi connectivity index (χ4v) is 0.204. The summed E-state index contributed by atoms with van der Waals surface area (Å²) in [6.45, 7) is 2.52. The maximum Gasteiger partial charge on any atom is 0.128 e. The lowest BCUT2D eigenvalue weighted by Gasteiger charge is -1.97. The molecule has 0 radical (unpaired) electrons. The lowest BCUT2D eigenvalue weighted by molar-refractivity contribution is -0.857. The molecule has 0 saturated heterocycles. The van der Waals surface area contributed by atoms with E-state index < -0.39 is 5.97 Å². The summed E-state index contributed by atoms with van der Waals surface area (Å²) in [7, 11) is 4.03. The fraction of sp³-hybridized carbons (Fsp3) is 0.857. The molecule has 0 atom stereocenters. The van der Waals surface area contributed by atoms with E-state index in [2.05, 4.69) is 0 Å². The van der Waals surface area contributed by atoms with E-state index in [9.17, 15) is 9.90 Å². The third kappa shape index (κ3) is 26.6. The Bertz CT molecular complexity index is 94.4. The molecular weight excluding hydrogens is 144 g/mol. The zero-order valence-electron chi connectivity index (χ0n) is 7.52. The van der Waals surface area contributed by atoms with Gasteiger partial charge < -0.3 is 14.8 Å². The highest BCUT2D eigenvalue weighted by Crippen LogP contribution is 1.79. The van der Waals surface area contributed by atoms with Crippen LogP contribution in [0.25, 0.3) is 0 Å². The molecule has 0 saturated carbocycles. The van der Waals surface area contributed by atoms with Crippen molar-refractivity contribution in [2.75, 3.05) is 20.8 Å². The van der Waals surface area contributed by atoms with Gasteiger partial charge >= 0.3 is 0 Å². The van der Waals surface area contributed by atoms with Crippen LogP contribution in [0.3, 0.4) is 0 Å². The van der Waals surface area contributed by atoms with Crippen molar-refractivity contribution in [1.29, 1.82) is 0 Å². The number of quaternary nitrogens is 1. The maximum absolute atomic E-state index is 9.49. The molecule has 0 bridgehead atoms. The number of carbonyl (C=O) groups is 1. The average molecular weight is 162 g/mol. The molecule has 68 valence electrons. The molecule has 0 aromatic heterocycles. The molecule has 0 unspecified atom stereocenters. The van der Waals surface area contributed by atoms with Crippen molar-refractivity contribution in [1.82, 2.24) is 0 Å². The molecule has 0 aromatic carbocycles. The molecule has 3 N–H and O–H groups in total. The Morgan fingerprint density at radius 1 is 1.55 bits per heavy atom. The van der Waals surface area contributed by atoms with Crippen molar-refractivity contribution in [2.45, 2.75) is 19.8 Å².